The smallest absolute Gasteiger partial charge is 0.340 e. The number of carbonyl (C=O) groups is 1. The Balaban J connectivity index is 1.86. The Bertz CT molecular complexity index is 1190. The molecule has 6 nitrogen and oxygen atoms in total. The summed E-state index contributed by atoms with van der Waals surface area (Å²) < 4.78 is 14.3. The number of hydrogen-bond acceptors (Lipinski definition) is 5. The summed E-state index contributed by atoms with van der Waals surface area (Å²) in [5.74, 6) is 0.986. The van der Waals surface area contributed by atoms with E-state index in [0.717, 1.165) is 46.7 Å². The summed E-state index contributed by atoms with van der Waals surface area (Å²) in [5, 5.41) is 4.59. The van der Waals surface area contributed by atoms with Gasteiger partial charge < -0.3 is 14.4 Å². The molecule has 3 heterocycles. The minimum atomic E-state index is -1.05. The van der Waals surface area contributed by atoms with Gasteiger partial charge in [0.15, 0.2) is 5.60 Å². The predicted octanol–water partition coefficient (Wildman–Crippen LogP) is 4.45. The van der Waals surface area contributed by atoms with Crippen molar-refractivity contribution in [2.75, 3.05) is 18.0 Å². The van der Waals surface area contributed by atoms with E-state index in [0.29, 0.717) is 17.2 Å². The molecule has 0 N–H and O–H groups in total. The third-order valence-corrected chi connectivity index (χ3v) is 6.28. The van der Waals surface area contributed by atoms with E-state index >= 15 is 0 Å². The molecule has 0 amide bonds. The van der Waals surface area contributed by atoms with Crippen LogP contribution in [0.3, 0.4) is 0 Å². The largest absolute Gasteiger partial charge is 0.440 e. The summed E-state index contributed by atoms with van der Waals surface area (Å²) in [6.45, 7) is 10.1. The molecule has 0 saturated heterocycles. The van der Waals surface area contributed by atoms with Gasteiger partial charge in [0.2, 0.25) is 5.88 Å². The number of benzene rings is 2. The Morgan fingerprint density at radius 2 is 1.83 bits per heavy atom. The highest BCUT2D eigenvalue weighted by atomic mass is 16.6. The van der Waals surface area contributed by atoms with Crippen LogP contribution >= 0.6 is 0 Å². The first kappa shape index (κ1) is 18.7. The van der Waals surface area contributed by atoms with Crippen molar-refractivity contribution >= 4 is 11.7 Å². The van der Waals surface area contributed by atoms with E-state index in [4.69, 9.17) is 9.47 Å². The van der Waals surface area contributed by atoms with E-state index in [9.17, 15) is 4.79 Å². The molecule has 0 fully saturated rings. The van der Waals surface area contributed by atoms with Gasteiger partial charge in [0, 0.05) is 43.0 Å². The van der Waals surface area contributed by atoms with Crippen molar-refractivity contribution in [3.8, 4) is 11.6 Å². The third-order valence-electron chi connectivity index (χ3n) is 6.28. The van der Waals surface area contributed by atoms with E-state index in [1.807, 2.05) is 38.2 Å². The maximum atomic E-state index is 12.9. The van der Waals surface area contributed by atoms with E-state index in [2.05, 4.69) is 42.9 Å². The second-order valence-electron chi connectivity index (χ2n) is 7.91. The number of anilines is 1. The average Bonchev–Trinajstić information content (AvgIpc) is 3.18. The molecule has 6 heteroatoms. The number of fused-ring (bicyclic) bond motifs is 6. The SMILES string of the molecule is CCN(CC)c1cc2c(cc1C)C1(OC(=O)c3ccccc31)c1c(C)nn(C)c1O2. The second kappa shape index (κ2) is 6.36. The number of aromatic nitrogens is 2. The van der Waals surface area contributed by atoms with Crippen LogP contribution in [0.25, 0.3) is 0 Å². The lowest BCUT2D eigenvalue weighted by atomic mass is 9.77. The molecule has 3 aromatic rings. The molecule has 2 aliphatic heterocycles. The van der Waals surface area contributed by atoms with Crippen LogP contribution < -0.4 is 9.64 Å². The van der Waals surface area contributed by atoms with Crippen molar-refractivity contribution in [2.45, 2.75) is 33.3 Å². The molecule has 1 unspecified atom stereocenters. The molecule has 1 aromatic heterocycles. The van der Waals surface area contributed by atoms with Gasteiger partial charge in [-0.1, -0.05) is 18.2 Å². The monoisotopic (exact) mass is 403 g/mol. The lowest BCUT2D eigenvalue weighted by Gasteiger charge is -2.36. The maximum Gasteiger partial charge on any atom is 0.340 e. The number of nitrogens with zero attached hydrogens (tertiary/aromatic N) is 3. The Morgan fingerprint density at radius 3 is 2.57 bits per heavy atom. The highest BCUT2D eigenvalue weighted by Crippen LogP contribution is 2.57. The van der Waals surface area contributed by atoms with Crippen LogP contribution in [-0.4, -0.2) is 28.8 Å². The molecule has 154 valence electrons. The molecule has 0 saturated carbocycles. The van der Waals surface area contributed by atoms with Gasteiger partial charge in [-0.05, 0) is 45.4 Å². The van der Waals surface area contributed by atoms with Crippen LogP contribution in [0.5, 0.6) is 11.6 Å². The normalized spacial score (nSPS) is 18.5. The molecule has 5 rings (SSSR count). The van der Waals surface area contributed by atoms with Gasteiger partial charge in [-0.2, -0.15) is 5.10 Å². The molecule has 1 atom stereocenters. The zero-order chi connectivity index (χ0) is 21.2. The van der Waals surface area contributed by atoms with Crippen LogP contribution in [0.15, 0.2) is 36.4 Å². The first-order chi connectivity index (χ1) is 14.4. The molecule has 1 spiro atoms. The molecular formula is C24H25N3O3. The van der Waals surface area contributed by atoms with Crippen molar-refractivity contribution < 1.29 is 14.3 Å². The zero-order valence-corrected chi connectivity index (χ0v) is 17.9. The number of rotatable bonds is 3. The zero-order valence-electron chi connectivity index (χ0n) is 17.9. The number of ether oxygens (including phenoxy) is 2. The van der Waals surface area contributed by atoms with Gasteiger partial charge >= 0.3 is 5.97 Å². The second-order valence-corrected chi connectivity index (χ2v) is 7.91. The summed E-state index contributed by atoms with van der Waals surface area (Å²) in [5.41, 5.74) is 5.04. The molecular weight excluding hydrogens is 378 g/mol. The van der Waals surface area contributed by atoms with E-state index in [1.54, 1.807) is 4.68 Å². The van der Waals surface area contributed by atoms with Crippen molar-refractivity contribution in [1.82, 2.24) is 9.78 Å². The minimum absolute atomic E-state index is 0.321. The topological polar surface area (TPSA) is 56.6 Å². The Kier molecular flexibility index (Phi) is 3.97. The number of aryl methyl sites for hydroxylation is 3. The van der Waals surface area contributed by atoms with Crippen LogP contribution in [0.4, 0.5) is 5.69 Å². The highest BCUT2D eigenvalue weighted by molar-refractivity contribution is 5.97. The van der Waals surface area contributed by atoms with Crippen molar-refractivity contribution in [2.24, 2.45) is 7.05 Å². The average molecular weight is 403 g/mol. The first-order valence-electron chi connectivity index (χ1n) is 10.4. The Hall–Kier alpha value is -3.28. The summed E-state index contributed by atoms with van der Waals surface area (Å²) in [6.07, 6.45) is 0. The molecule has 0 bridgehead atoms. The van der Waals surface area contributed by atoms with Gasteiger partial charge in [0.05, 0.1) is 16.8 Å². The first-order valence-corrected chi connectivity index (χ1v) is 10.4. The van der Waals surface area contributed by atoms with Gasteiger partial charge in [0.1, 0.15) is 5.75 Å². The summed E-state index contributed by atoms with van der Waals surface area (Å²) in [6, 6.07) is 11.8. The number of esters is 1. The number of carbonyl (C=O) groups excluding carboxylic acids is 1. The fourth-order valence-electron chi connectivity index (χ4n) is 4.94. The van der Waals surface area contributed by atoms with E-state index in [-0.39, 0.29) is 5.97 Å². The van der Waals surface area contributed by atoms with Crippen molar-refractivity contribution in [3.63, 3.8) is 0 Å². The molecule has 0 aliphatic carbocycles. The lowest BCUT2D eigenvalue weighted by Crippen LogP contribution is -2.34. The fourth-order valence-corrected chi connectivity index (χ4v) is 4.94. The highest BCUT2D eigenvalue weighted by Gasteiger charge is 2.56. The predicted molar refractivity (Wildman–Crippen MR) is 114 cm³/mol. The van der Waals surface area contributed by atoms with Gasteiger partial charge in [0.25, 0.3) is 0 Å². The summed E-state index contributed by atoms with van der Waals surface area (Å²) in [7, 11) is 1.85. The lowest BCUT2D eigenvalue weighted by molar-refractivity contribution is 0.0221. The Labute approximate surface area is 176 Å². The molecule has 2 aromatic carbocycles. The van der Waals surface area contributed by atoms with Gasteiger partial charge in [-0.25, -0.2) is 9.48 Å². The summed E-state index contributed by atoms with van der Waals surface area (Å²) in [4.78, 5) is 15.2. The molecule has 0 radical (unpaired) electrons. The fraction of sp³-hybridized carbons (Fsp3) is 0.333. The van der Waals surface area contributed by atoms with Crippen LogP contribution in [0, 0.1) is 13.8 Å². The van der Waals surface area contributed by atoms with Crippen molar-refractivity contribution in [3.05, 3.63) is 69.9 Å². The third kappa shape index (κ3) is 2.24. The Morgan fingerprint density at radius 1 is 1.10 bits per heavy atom. The quantitative estimate of drug-likeness (QED) is 0.605. The van der Waals surface area contributed by atoms with Gasteiger partial charge in [-0.3, -0.25) is 0 Å². The maximum absolute atomic E-state index is 12.9. The van der Waals surface area contributed by atoms with E-state index in [1.165, 1.54) is 0 Å². The van der Waals surface area contributed by atoms with Crippen LogP contribution in [0.2, 0.25) is 0 Å². The van der Waals surface area contributed by atoms with Crippen LogP contribution in [0.1, 0.15) is 52.2 Å². The van der Waals surface area contributed by atoms with E-state index < -0.39 is 5.60 Å². The van der Waals surface area contributed by atoms with Gasteiger partial charge in [-0.15, -0.1) is 0 Å². The van der Waals surface area contributed by atoms with Crippen LogP contribution in [-0.2, 0) is 17.4 Å². The standard InChI is InChI=1S/C24H25N3O3/c1-6-27(7-2)19-13-20-18(12-14(19)3)24(21-15(4)25-26(5)22(21)29-20)17-11-9-8-10-16(17)23(28)30-24/h8-13H,6-7H2,1-5H3. The molecule has 30 heavy (non-hydrogen) atoms. The summed E-state index contributed by atoms with van der Waals surface area (Å²) >= 11 is 0. The number of hydrogen-bond donors (Lipinski definition) is 0. The van der Waals surface area contributed by atoms with Crippen molar-refractivity contribution in [1.29, 1.82) is 0 Å². The minimum Gasteiger partial charge on any atom is -0.440 e. The molecule has 2 aliphatic rings.